The van der Waals surface area contributed by atoms with Gasteiger partial charge in [-0.3, -0.25) is 9.20 Å². The van der Waals surface area contributed by atoms with E-state index in [0.717, 1.165) is 40.4 Å². The molecular formula is C22H25BrN4O. The van der Waals surface area contributed by atoms with Gasteiger partial charge in [-0.15, -0.1) is 0 Å². The number of rotatable bonds is 3. The molecule has 0 saturated carbocycles. The summed E-state index contributed by atoms with van der Waals surface area (Å²) in [5.41, 5.74) is 5.10. The third-order valence-electron chi connectivity index (χ3n) is 5.48. The Kier molecular flexibility index (Phi) is 5.15. The van der Waals surface area contributed by atoms with E-state index < -0.39 is 0 Å². The number of amides is 1. The van der Waals surface area contributed by atoms with Crippen LogP contribution < -0.4 is 10.2 Å². The normalized spacial score (nSPS) is 15.2. The summed E-state index contributed by atoms with van der Waals surface area (Å²) in [5.74, 6) is 0.661. The molecule has 0 bridgehead atoms. The van der Waals surface area contributed by atoms with Gasteiger partial charge in [-0.25, -0.2) is 4.98 Å². The lowest BCUT2D eigenvalue weighted by Gasteiger charge is -2.32. The van der Waals surface area contributed by atoms with E-state index in [1.54, 1.807) is 0 Å². The summed E-state index contributed by atoms with van der Waals surface area (Å²) in [6.07, 6.45) is 4.41. The van der Waals surface area contributed by atoms with Crippen LogP contribution in [0.4, 0.5) is 11.4 Å². The molecule has 1 amide bonds. The molecular weight excluding hydrogens is 416 g/mol. The van der Waals surface area contributed by atoms with E-state index in [1.165, 1.54) is 18.5 Å². The van der Waals surface area contributed by atoms with E-state index in [1.807, 2.05) is 42.6 Å². The Morgan fingerprint density at radius 3 is 2.54 bits per heavy atom. The van der Waals surface area contributed by atoms with Crippen LogP contribution in [0.25, 0.3) is 5.65 Å². The van der Waals surface area contributed by atoms with Crippen molar-refractivity contribution in [3.05, 3.63) is 58.0 Å². The van der Waals surface area contributed by atoms with Crippen LogP contribution in [0.1, 0.15) is 41.5 Å². The van der Waals surface area contributed by atoms with Crippen molar-refractivity contribution >= 4 is 38.9 Å². The van der Waals surface area contributed by atoms with E-state index in [0.29, 0.717) is 11.4 Å². The molecule has 1 aliphatic rings. The molecule has 1 N–H and O–H groups in total. The second-order valence-corrected chi connectivity index (χ2v) is 8.63. The average molecular weight is 441 g/mol. The number of fused-ring (bicyclic) bond motifs is 1. The highest BCUT2D eigenvalue weighted by Gasteiger charge is 2.19. The molecule has 0 unspecified atom stereocenters. The molecule has 4 rings (SSSR count). The van der Waals surface area contributed by atoms with Crippen molar-refractivity contribution in [3.63, 3.8) is 0 Å². The lowest BCUT2D eigenvalue weighted by atomic mass is 9.99. The summed E-state index contributed by atoms with van der Waals surface area (Å²) in [6, 6.07) is 10.1. The molecule has 0 spiro atoms. The quantitative estimate of drug-likeness (QED) is 0.608. The molecule has 0 radical (unpaired) electrons. The molecule has 28 heavy (non-hydrogen) atoms. The zero-order valence-corrected chi connectivity index (χ0v) is 18.1. The number of halogens is 1. The zero-order chi connectivity index (χ0) is 19.8. The highest BCUT2D eigenvalue weighted by Crippen LogP contribution is 2.26. The number of pyridine rings is 1. The molecule has 1 fully saturated rings. The van der Waals surface area contributed by atoms with Gasteiger partial charge in [-0.2, -0.15) is 0 Å². The van der Waals surface area contributed by atoms with Crippen LogP contribution in [-0.4, -0.2) is 28.4 Å². The molecule has 1 aliphatic heterocycles. The van der Waals surface area contributed by atoms with Crippen molar-refractivity contribution in [1.29, 1.82) is 0 Å². The minimum atomic E-state index is -0.151. The molecule has 146 valence electrons. The Hall–Kier alpha value is -2.34. The van der Waals surface area contributed by atoms with Gasteiger partial charge < -0.3 is 10.2 Å². The van der Waals surface area contributed by atoms with Gasteiger partial charge in [0.2, 0.25) is 0 Å². The van der Waals surface area contributed by atoms with Crippen LogP contribution in [0.2, 0.25) is 0 Å². The predicted molar refractivity (Wildman–Crippen MR) is 117 cm³/mol. The Bertz CT molecular complexity index is 1020. The van der Waals surface area contributed by atoms with E-state index in [-0.39, 0.29) is 5.91 Å². The number of carbonyl (C=O) groups excluding carboxylic acids is 1. The Balaban J connectivity index is 1.54. The third kappa shape index (κ3) is 3.65. The van der Waals surface area contributed by atoms with Gasteiger partial charge in [0.25, 0.3) is 5.91 Å². The van der Waals surface area contributed by atoms with Crippen LogP contribution in [-0.2, 0) is 0 Å². The van der Waals surface area contributed by atoms with Crippen molar-refractivity contribution in [1.82, 2.24) is 9.38 Å². The van der Waals surface area contributed by atoms with Crippen LogP contribution in [0.15, 0.2) is 41.0 Å². The lowest BCUT2D eigenvalue weighted by molar-refractivity contribution is 0.102. The van der Waals surface area contributed by atoms with Gasteiger partial charge in [0.1, 0.15) is 5.69 Å². The number of nitrogens with one attached hydrogen (secondary N) is 1. The maximum absolute atomic E-state index is 13.0. The fourth-order valence-corrected chi connectivity index (χ4v) is 4.47. The summed E-state index contributed by atoms with van der Waals surface area (Å²) in [5, 5.41) is 3.02. The lowest BCUT2D eigenvalue weighted by Crippen LogP contribution is -2.32. The minimum Gasteiger partial charge on any atom is -0.372 e. The van der Waals surface area contributed by atoms with Gasteiger partial charge in [-0.05, 0) is 84.4 Å². The number of hydrogen-bond acceptors (Lipinski definition) is 3. The second-order valence-electron chi connectivity index (χ2n) is 7.78. The number of piperidine rings is 1. The molecule has 3 heterocycles. The van der Waals surface area contributed by atoms with Gasteiger partial charge in [0, 0.05) is 30.7 Å². The van der Waals surface area contributed by atoms with Gasteiger partial charge in [0.05, 0.1) is 10.2 Å². The fraction of sp³-hybridized carbons (Fsp3) is 0.364. The first-order valence-electron chi connectivity index (χ1n) is 9.73. The SMILES string of the molecule is Cc1cc(Br)c2nc(C)c(C(=O)Nc3ccc(N4CCC(C)CC4)cc3)n2c1. The van der Waals surface area contributed by atoms with Crippen molar-refractivity contribution in [2.75, 3.05) is 23.3 Å². The summed E-state index contributed by atoms with van der Waals surface area (Å²) in [7, 11) is 0. The topological polar surface area (TPSA) is 49.6 Å². The summed E-state index contributed by atoms with van der Waals surface area (Å²) >= 11 is 3.54. The summed E-state index contributed by atoms with van der Waals surface area (Å²) < 4.78 is 2.74. The number of carbonyl (C=O) groups is 1. The highest BCUT2D eigenvalue weighted by molar-refractivity contribution is 9.10. The number of imidazole rings is 1. The van der Waals surface area contributed by atoms with Crippen LogP contribution in [0.3, 0.4) is 0 Å². The number of hydrogen-bond donors (Lipinski definition) is 1. The van der Waals surface area contributed by atoms with E-state index in [2.05, 4.69) is 50.2 Å². The van der Waals surface area contributed by atoms with Crippen molar-refractivity contribution in [3.8, 4) is 0 Å². The number of aryl methyl sites for hydroxylation is 2. The largest absolute Gasteiger partial charge is 0.372 e. The molecule has 2 aromatic heterocycles. The van der Waals surface area contributed by atoms with E-state index in [9.17, 15) is 4.79 Å². The first kappa shape index (κ1) is 19.0. The number of aromatic nitrogens is 2. The number of nitrogens with zero attached hydrogens (tertiary/aromatic N) is 3. The third-order valence-corrected chi connectivity index (χ3v) is 6.06. The standard InChI is InChI=1S/C22H25BrN4O/c1-14-8-10-26(11-9-14)18-6-4-17(5-7-18)25-22(28)20-16(3)24-21-19(23)12-15(2)13-27(20)21/h4-7,12-14H,8-11H2,1-3H3,(H,25,28). The van der Waals surface area contributed by atoms with Crippen LogP contribution in [0.5, 0.6) is 0 Å². The zero-order valence-electron chi connectivity index (χ0n) is 16.5. The summed E-state index contributed by atoms with van der Waals surface area (Å²) in [6.45, 7) is 8.38. The maximum Gasteiger partial charge on any atom is 0.274 e. The van der Waals surface area contributed by atoms with Crippen LogP contribution in [0, 0.1) is 19.8 Å². The fourth-order valence-electron chi connectivity index (χ4n) is 3.83. The Morgan fingerprint density at radius 2 is 1.86 bits per heavy atom. The average Bonchev–Trinajstić information content (AvgIpc) is 2.99. The molecule has 5 nitrogen and oxygen atoms in total. The molecule has 1 saturated heterocycles. The summed E-state index contributed by atoms with van der Waals surface area (Å²) in [4.78, 5) is 19.9. The first-order valence-corrected chi connectivity index (χ1v) is 10.5. The number of anilines is 2. The Labute approximate surface area is 173 Å². The van der Waals surface area contributed by atoms with Gasteiger partial charge in [0.15, 0.2) is 5.65 Å². The first-order chi connectivity index (χ1) is 13.4. The number of benzene rings is 1. The van der Waals surface area contributed by atoms with Gasteiger partial charge >= 0.3 is 0 Å². The molecule has 0 aliphatic carbocycles. The monoisotopic (exact) mass is 440 g/mol. The van der Waals surface area contributed by atoms with Crippen molar-refractivity contribution in [2.24, 2.45) is 5.92 Å². The van der Waals surface area contributed by atoms with E-state index in [4.69, 9.17) is 0 Å². The van der Waals surface area contributed by atoms with Crippen molar-refractivity contribution in [2.45, 2.75) is 33.6 Å². The highest BCUT2D eigenvalue weighted by atomic mass is 79.9. The predicted octanol–water partition coefficient (Wildman–Crippen LogP) is 5.20. The second kappa shape index (κ2) is 7.59. The minimum absolute atomic E-state index is 0.151. The van der Waals surface area contributed by atoms with Gasteiger partial charge in [-0.1, -0.05) is 6.92 Å². The Morgan fingerprint density at radius 1 is 1.18 bits per heavy atom. The smallest absolute Gasteiger partial charge is 0.274 e. The van der Waals surface area contributed by atoms with Crippen molar-refractivity contribution < 1.29 is 4.79 Å². The molecule has 6 heteroatoms. The molecule has 0 atom stereocenters. The van der Waals surface area contributed by atoms with E-state index >= 15 is 0 Å². The maximum atomic E-state index is 13.0. The molecule has 1 aromatic carbocycles. The molecule has 3 aromatic rings. The van der Waals surface area contributed by atoms with Crippen LogP contribution >= 0.6 is 15.9 Å².